The van der Waals surface area contributed by atoms with Crippen LogP contribution in [0.2, 0.25) is 0 Å². The summed E-state index contributed by atoms with van der Waals surface area (Å²) in [4.78, 5) is 0. The van der Waals surface area contributed by atoms with Gasteiger partial charge in [0.2, 0.25) is 0 Å². The Bertz CT molecular complexity index is 106. The summed E-state index contributed by atoms with van der Waals surface area (Å²) in [5.74, 6) is -2.53. The molecule has 0 saturated heterocycles. The summed E-state index contributed by atoms with van der Waals surface area (Å²) < 4.78 is 58.1. The third kappa shape index (κ3) is 3.53. The second kappa shape index (κ2) is 3.88. The second-order valence-corrected chi connectivity index (χ2v) is 2.17. The zero-order valence-electron chi connectivity index (χ0n) is 5.88. The molecule has 0 spiro atoms. The van der Waals surface area contributed by atoms with Crippen molar-refractivity contribution in [1.29, 1.82) is 0 Å². The van der Waals surface area contributed by atoms with Gasteiger partial charge in [-0.1, -0.05) is 13.3 Å². The molecule has 1 unspecified atom stereocenters. The average molecular weight is 175 g/mol. The number of hydrogen-bond acceptors (Lipinski definition) is 0. The first-order valence-electron chi connectivity index (χ1n) is 3.14. The summed E-state index contributed by atoms with van der Waals surface area (Å²) in [6.07, 6.45) is -7.78. The van der Waals surface area contributed by atoms with E-state index in [0.717, 1.165) is 0 Å². The molecule has 0 fully saturated rings. The maximum atomic E-state index is 11.7. The van der Waals surface area contributed by atoms with Gasteiger partial charge in [0.25, 0.3) is 0 Å². The van der Waals surface area contributed by atoms with Crippen LogP contribution in [-0.4, -0.2) is 6.18 Å². The molecule has 11 heavy (non-hydrogen) atoms. The van der Waals surface area contributed by atoms with E-state index in [1.54, 1.807) is 0 Å². The van der Waals surface area contributed by atoms with Gasteiger partial charge in [-0.2, -0.15) is 22.0 Å². The lowest BCUT2D eigenvalue weighted by Crippen LogP contribution is -2.25. The van der Waals surface area contributed by atoms with Crippen molar-refractivity contribution in [3.63, 3.8) is 0 Å². The molecule has 0 heterocycles. The molecule has 0 aliphatic rings. The summed E-state index contributed by atoms with van der Waals surface area (Å²) in [5.41, 5.74) is 0. The lowest BCUT2D eigenvalue weighted by atomic mass is 10.0. The third-order valence-electron chi connectivity index (χ3n) is 1.24. The van der Waals surface area contributed by atoms with Crippen molar-refractivity contribution in [2.45, 2.75) is 25.9 Å². The number of halogens is 5. The van der Waals surface area contributed by atoms with Crippen LogP contribution in [0, 0.1) is 12.3 Å². The minimum atomic E-state index is -4.80. The van der Waals surface area contributed by atoms with E-state index in [9.17, 15) is 22.0 Å². The van der Waals surface area contributed by atoms with Gasteiger partial charge in [-0.3, -0.25) is 0 Å². The Hall–Kier alpha value is -0.350. The molecule has 0 nitrogen and oxygen atoms in total. The summed E-state index contributed by atoms with van der Waals surface area (Å²) in [7, 11) is 0. The van der Waals surface area contributed by atoms with Gasteiger partial charge < -0.3 is 0 Å². The molecule has 0 rings (SSSR count). The molecule has 0 aliphatic carbocycles. The molecule has 1 radical (unpaired) electrons. The summed E-state index contributed by atoms with van der Waals surface area (Å²) in [5, 5.41) is 0. The van der Waals surface area contributed by atoms with Crippen molar-refractivity contribution in [1.82, 2.24) is 0 Å². The van der Waals surface area contributed by atoms with Crippen molar-refractivity contribution in [3.05, 3.63) is 6.43 Å². The molecule has 0 aromatic rings. The van der Waals surface area contributed by atoms with Gasteiger partial charge in [-0.25, -0.2) is 0 Å². The second-order valence-electron chi connectivity index (χ2n) is 2.17. The standard InChI is InChI=1S/C6H8F5/c1-2-3-4(5(7)8)6(9,10)11/h4H,2-3H2,1H3. The fourth-order valence-electron chi connectivity index (χ4n) is 0.685. The van der Waals surface area contributed by atoms with E-state index >= 15 is 0 Å². The Labute approximate surface area is 61.4 Å². The lowest BCUT2D eigenvalue weighted by Gasteiger charge is -2.16. The van der Waals surface area contributed by atoms with Gasteiger partial charge >= 0.3 is 12.6 Å². The highest BCUT2D eigenvalue weighted by Gasteiger charge is 2.46. The molecule has 0 saturated carbocycles. The fourth-order valence-corrected chi connectivity index (χ4v) is 0.685. The van der Waals surface area contributed by atoms with Crippen LogP contribution in [0.15, 0.2) is 0 Å². The van der Waals surface area contributed by atoms with E-state index in [1.807, 2.05) is 0 Å². The van der Waals surface area contributed by atoms with Crippen LogP contribution in [0.1, 0.15) is 19.8 Å². The molecule has 0 N–H and O–H groups in total. The van der Waals surface area contributed by atoms with Crippen molar-refractivity contribution in [2.75, 3.05) is 0 Å². The van der Waals surface area contributed by atoms with Crippen LogP contribution in [-0.2, 0) is 0 Å². The van der Waals surface area contributed by atoms with Crippen LogP contribution in [0.3, 0.4) is 0 Å². The Morgan fingerprint density at radius 3 is 1.82 bits per heavy atom. The maximum Gasteiger partial charge on any atom is 0.397 e. The molecular weight excluding hydrogens is 167 g/mol. The topological polar surface area (TPSA) is 0 Å². The Morgan fingerprint density at radius 2 is 1.73 bits per heavy atom. The summed E-state index contributed by atoms with van der Waals surface area (Å²) in [6.45, 7) is 1.43. The van der Waals surface area contributed by atoms with Gasteiger partial charge in [-0.05, 0) is 6.42 Å². The van der Waals surface area contributed by atoms with E-state index < -0.39 is 24.9 Å². The predicted molar refractivity (Wildman–Crippen MR) is 29.9 cm³/mol. The first kappa shape index (κ1) is 10.7. The SMILES string of the molecule is CCCC([C](F)F)C(F)(F)F. The van der Waals surface area contributed by atoms with Crippen molar-refractivity contribution >= 4 is 0 Å². The van der Waals surface area contributed by atoms with Crippen LogP contribution in [0.5, 0.6) is 0 Å². The molecule has 0 aromatic heterocycles. The van der Waals surface area contributed by atoms with E-state index in [4.69, 9.17) is 0 Å². The van der Waals surface area contributed by atoms with Gasteiger partial charge in [0, 0.05) is 0 Å². The number of hydrogen-bond donors (Lipinski definition) is 0. The Morgan fingerprint density at radius 1 is 1.27 bits per heavy atom. The Balaban J connectivity index is 4.10. The largest absolute Gasteiger partial charge is 0.397 e. The molecular formula is C6H8F5. The van der Waals surface area contributed by atoms with Gasteiger partial charge in [0.1, 0.15) is 5.92 Å². The van der Waals surface area contributed by atoms with Gasteiger partial charge in [0.15, 0.2) is 0 Å². The highest BCUT2D eigenvalue weighted by atomic mass is 19.4. The third-order valence-corrected chi connectivity index (χ3v) is 1.24. The van der Waals surface area contributed by atoms with E-state index in [1.165, 1.54) is 6.92 Å². The molecule has 1 atom stereocenters. The van der Waals surface area contributed by atoms with Crippen LogP contribution < -0.4 is 0 Å². The Kier molecular flexibility index (Phi) is 3.75. The molecule has 5 heteroatoms. The van der Waals surface area contributed by atoms with Crippen LogP contribution in [0.4, 0.5) is 22.0 Å². The van der Waals surface area contributed by atoms with E-state index in [2.05, 4.69) is 0 Å². The quantitative estimate of drug-likeness (QED) is 0.576. The lowest BCUT2D eigenvalue weighted by molar-refractivity contribution is -0.187. The van der Waals surface area contributed by atoms with Gasteiger partial charge in [0.05, 0.1) is 0 Å². The minimum absolute atomic E-state index is 0.0987. The summed E-state index contributed by atoms with van der Waals surface area (Å²) in [6, 6.07) is 0. The normalized spacial score (nSPS) is 15.5. The van der Waals surface area contributed by atoms with Crippen LogP contribution >= 0.6 is 0 Å². The van der Waals surface area contributed by atoms with Crippen LogP contribution in [0.25, 0.3) is 0 Å². The monoisotopic (exact) mass is 175 g/mol. The average Bonchev–Trinajstić information content (AvgIpc) is 1.79. The van der Waals surface area contributed by atoms with Crippen molar-refractivity contribution < 1.29 is 22.0 Å². The first-order chi connectivity index (χ1) is 4.89. The molecule has 0 bridgehead atoms. The first-order valence-corrected chi connectivity index (χ1v) is 3.14. The summed E-state index contributed by atoms with van der Waals surface area (Å²) >= 11 is 0. The molecule has 0 amide bonds. The van der Waals surface area contributed by atoms with E-state index in [0.29, 0.717) is 0 Å². The zero-order chi connectivity index (χ0) is 9.07. The molecule has 67 valence electrons. The van der Waals surface area contributed by atoms with Gasteiger partial charge in [-0.15, -0.1) is 0 Å². The number of rotatable bonds is 3. The maximum absolute atomic E-state index is 11.7. The molecule has 0 aliphatic heterocycles. The highest BCUT2D eigenvalue weighted by Crippen LogP contribution is 2.37. The minimum Gasteiger partial charge on any atom is -0.199 e. The number of alkyl halides is 3. The highest BCUT2D eigenvalue weighted by molar-refractivity contribution is 4.80. The fraction of sp³-hybridized carbons (Fsp3) is 0.833. The molecule has 0 aromatic carbocycles. The predicted octanol–water partition coefficient (Wildman–Crippen LogP) is 3.39. The smallest absolute Gasteiger partial charge is 0.199 e. The van der Waals surface area contributed by atoms with Crippen molar-refractivity contribution in [2.24, 2.45) is 5.92 Å². The van der Waals surface area contributed by atoms with Crippen molar-refractivity contribution in [3.8, 4) is 0 Å². The van der Waals surface area contributed by atoms with E-state index in [-0.39, 0.29) is 6.42 Å². The zero-order valence-corrected chi connectivity index (χ0v) is 5.88.